The first-order chi connectivity index (χ1) is 12.9. The maximum absolute atomic E-state index is 12.9. The number of ketones is 1. The molecule has 1 fully saturated rings. The Morgan fingerprint density at radius 2 is 1.81 bits per heavy atom. The highest BCUT2D eigenvalue weighted by atomic mass is 32.2. The van der Waals surface area contributed by atoms with Crippen LogP contribution in [0.5, 0.6) is 0 Å². The van der Waals surface area contributed by atoms with Crippen LogP contribution < -0.4 is 4.31 Å². The zero-order valence-electron chi connectivity index (χ0n) is 15.0. The lowest BCUT2D eigenvalue weighted by Crippen LogP contribution is -2.30. The molecule has 2 aromatic carbocycles. The topological polar surface area (TPSA) is 80.8 Å². The smallest absolute Gasteiger partial charge is 0.338 e. The highest BCUT2D eigenvalue weighted by molar-refractivity contribution is 7.92. The third-order valence-corrected chi connectivity index (χ3v) is 6.38. The number of carbonyl (C=O) groups excluding carboxylic acids is 2. The van der Waals surface area contributed by atoms with Gasteiger partial charge >= 0.3 is 5.97 Å². The second kappa shape index (κ2) is 7.92. The highest BCUT2D eigenvalue weighted by Gasteiger charge is 2.27. The van der Waals surface area contributed by atoms with Crippen molar-refractivity contribution in [3.8, 4) is 0 Å². The van der Waals surface area contributed by atoms with Crippen molar-refractivity contribution in [2.75, 3.05) is 11.4 Å². The van der Waals surface area contributed by atoms with E-state index < -0.39 is 22.1 Å². The highest BCUT2D eigenvalue weighted by Crippen LogP contribution is 2.23. The molecule has 2 aromatic rings. The van der Waals surface area contributed by atoms with Crippen LogP contribution >= 0.6 is 0 Å². The molecule has 0 bridgehead atoms. The van der Waals surface area contributed by atoms with E-state index in [0.717, 1.165) is 17.1 Å². The van der Waals surface area contributed by atoms with Crippen molar-refractivity contribution in [1.82, 2.24) is 0 Å². The fourth-order valence-corrected chi connectivity index (χ4v) is 4.23. The van der Waals surface area contributed by atoms with Gasteiger partial charge in [0.2, 0.25) is 0 Å². The Labute approximate surface area is 158 Å². The summed E-state index contributed by atoms with van der Waals surface area (Å²) in [5, 5.41) is 0. The van der Waals surface area contributed by atoms with Crippen LogP contribution in [0.3, 0.4) is 0 Å². The summed E-state index contributed by atoms with van der Waals surface area (Å²) in [5.74, 6) is -0.767. The van der Waals surface area contributed by atoms with Crippen molar-refractivity contribution in [3.63, 3.8) is 0 Å². The maximum atomic E-state index is 12.9. The van der Waals surface area contributed by atoms with E-state index in [9.17, 15) is 18.0 Å². The quantitative estimate of drug-likeness (QED) is 0.736. The molecule has 1 aliphatic carbocycles. The van der Waals surface area contributed by atoms with Crippen LogP contribution in [-0.2, 0) is 19.6 Å². The molecule has 0 radical (unpaired) electrons. The molecule has 27 heavy (non-hydrogen) atoms. The van der Waals surface area contributed by atoms with Gasteiger partial charge in [0.15, 0.2) is 11.9 Å². The normalized spacial score (nSPS) is 17.4. The summed E-state index contributed by atoms with van der Waals surface area (Å²) in [5.41, 5.74) is 0.620. The van der Waals surface area contributed by atoms with Crippen molar-refractivity contribution in [3.05, 3.63) is 60.2 Å². The van der Waals surface area contributed by atoms with E-state index in [4.69, 9.17) is 4.74 Å². The number of esters is 1. The molecule has 0 saturated heterocycles. The molecule has 1 aliphatic rings. The molecule has 7 heteroatoms. The molecule has 1 atom stereocenters. The lowest BCUT2D eigenvalue weighted by atomic mass is 9.96. The van der Waals surface area contributed by atoms with Crippen LogP contribution in [0.2, 0.25) is 0 Å². The van der Waals surface area contributed by atoms with E-state index in [1.54, 1.807) is 30.3 Å². The van der Waals surface area contributed by atoms with E-state index in [1.807, 2.05) is 0 Å². The van der Waals surface area contributed by atoms with Crippen molar-refractivity contribution in [2.45, 2.75) is 36.7 Å². The Bertz CT molecular complexity index is 940. The van der Waals surface area contributed by atoms with Gasteiger partial charge in [0.1, 0.15) is 0 Å². The first kappa shape index (κ1) is 19.1. The molecule has 0 N–H and O–H groups in total. The summed E-state index contributed by atoms with van der Waals surface area (Å²) >= 11 is 0. The van der Waals surface area contributed by atoms with Gasteiger partial charge in [-0.15, -0.1) is 0 Å². The molecule has 6 nitrogen and oxygen atoms in total. The average molecular weight is 387 g/mol. The fraction of sp³-hybridized carbons (Fsp3) is 0.300. The number of hydrogen-bond donors (Lipinski definition) is 0. The Hall–Kier alpha value is -2.67. The number of hydrogen-bond acceptors (Lipinski definition) is 5. The van der Waals surface area contributed by atoms with Crippen LogP contribution in [0.15, 0.2) is 59.5 Å². The first-order valence-corrected chi connectivity index (χ1v) is 10.2. The molecular formula is C20H21NO5S. The second-order valence-electron chi connectivity index (χ2n) is 6.44. The Kier molecular flexibility index (Phi) is 5.60. The van der Waals surface area contributed by atoms with Gasteiger partial charge in [-0.1, -0.05) is 24.3 Å². The lowest BCUT2D eigenvalue weighted by molar-refractivity contribution is -0.129. The van der Waals surface area contributed by atoms with Crippen LogP contribution in [0.1, 0.15) is 36.0 Å². The summed E-state index contributed by atoms with van der Waals surface area (Å²) in [6.45, 7) is 0. The monoisotopic (exact) mass is 387 g/mol. The molecular weight excluding hydrogens is 366 g/mol. The van der Waals surface area contributed by atoms with E-state index in [0.29, 0.717) is 18.5 Å². The maximum Gasteiger partial charge on any atom is 0.338 e. The number of carbonyl (C=O) groups is 2. The Morgan fingerprint density at radius 3 is 2.52 bits per heavy atom. The predicted octanol–water partition coefficient (Wildman–Crippen LogP) is 3.18. The number of para-hydroxylation sites is 1. The molecule has 142 valence electrons. The Morgan fingerprint density at radius 1 is 1.07 bits per heavy atom. The van der Waals surface area contributed by atoms with E-state index in [-0.39, 0.29) is 16.2 Å². The lowest BCUT2D eigenvalue weighted by Gasteiger charge is -2.21. The molecule has 0 amide bonds. The number of anilines is 1. The number of rotatable bonds is 5. The Balaban J connectivity index is 1.82. The average Bonchev–Trinajstić information content (AvgIpc) is 2.70. The summed E-state index contributed by atoms with van der Waals surface area (Å²) in [6, 6.07) is 14.3. The number of benzene rings is 2. The standard InChI is InChI=1S/C20H21NO5S/c1-21(16-9-3-2-4-10-16)27(24,25)17-11-7-8-15(14-17)20(23)26-19-13-6-5-12-18(19)22/h2-4,7-11,14,19H,5-6,12-13H2,1H3. The van der Waals surface area contributed by atoms with Gasteiger partial charge in [-0.2, -0.15) is 0 Å². The molecule has 1 unspecified atom stereocenters. The van der Waals surface area contributed by atoms with Gasteiger partial charge in [0.05, 0.1) is 16.1 Å². The van der Waals surface area contributed by atoms with Gasteiger partial charge < -0.3 is 4.74 Å². The van der Waals surface area contributed by atoms with Crippen molar-refractivity contribution in [2.24, 2.45) is 0 Å². The molecule has 0 heterocycles. The molecule has 3 rings (SSSR count). The SMILES string of the molecule is CN(c1ccccc1)S(=O)(=O)c1cccc(C(=O)OC2CCCCC2=O)c1. The molecule has 0 aromatic heterocycles. The fourth-order valence-electron chi connectivity index (χ4n) is 2.99. The van der Waals surface area contributed by atoms with Gasteiger partial charge in [-0.3, -0.25) is 9.10 Å². The van der Waals surface area contributed by atoms with E-state index in [2.05, 4.69) is 0 Å². The summed E-state index contributed by atoms with van der Waals surface area (Å²) in [7, 11) is -2.38. The predicted molar refractivity (Wildman–Crippen MR) is 101 cm³/mol. The van der Waals surface area contributed by atoms with Crippen LogP contribution in [-0.4, -0.2) is 33.3 Å². The summed E-state index contributed by atoms with van der Waals surface area (Å²) < 4.78 is 32.2. The van der Waals surface area contributed by atoms with Gasteiger partial charge in [-0.25, -0.2) is 13.2 Å². The first-order valence-electron chi connectivity index (χ1n) is 8.77. The molecule has 0 aliphatic heterocycles. The van der Waals surface area contributed by atoms with Crippen molar-refractivity contribution < 1.29 is 22.7 Å². The number of ether oxygens (including phenoxy) is 1. The number of sulfonamides is 1. The van der Waals surface area contributed by atoms with Gasteiger partial charge in [0, 0.05) is 13.5 Å². The number of nitrogens with zero attached hydrogens (tertiary/aromatic N) is 1. The van der Waals surface area contributed by atoms with E-state index in [1.165, 1.54) is 31.3 Å². The largest absolute Gasteiger partial charge is 0.451 e. The number of Topliss-reactive ketones (excluding diaryl/α,β-unsaturated/α-hetero) is 1. The minimum Gasteiger partial charge on any atom is -0.451 e. The third kappa shape index (κ3) is 4.19. The molecule has 0 spiro atoms. The van der Waals surface area contributed by atoms with Gasteiger partial charge in [0.25, 0.3) is 10.0 Å². The zero-order chi connectivity index (χ0) is 19.4. The molecule has 1 saturated carbocycles. The van der Waals surface area contributed by atoms with Crippen LogP contribution in [0, 0.1) is 0 Å². The zero-order valence-corrected chi connectivity index (χ0v) is 15.8. The van der Waals surface area contributed by atoms with Crippen LogP contribution in [0.25, 0.3) is 0 Å². The second-order valence-corrected chi connectivity index (χ2v) is 8.41. The van der Waals surface area contributed by atoms with Gasteiger partial charge in [-0.05, 0) is 49.6 Å². The van der Waals surface area contributed by atoms with E-state index >= 15 is 0 Å². The minimum atomic E-state index is -3.83. The van der Waals surface area contributed by atoms with Crippen molar-refractivity contribution >= 4 is 27.5 Å². The van der Waals surface area contributed by atoms with Crippen LogP contribution in [0.4, 0.5) is 5.69 Å². The summed E-state index contributed by atoms with van der Waals surface area (Å²) in [6.07, 6.45) is 1.83. The van der Waals surface area contributed by atoms with Crippen molar-refractivity contribution in [1.29, 1.82) is 0 Å². The summed E-state index contributed by atoms with van der Waals surface area (Å²) in [4.78, 5) is 24.2. The third-order valence-electron chi connectivity index (χ3n) is 4.60. The minimum absolute atomic E-state index is 0.0155.